The number of amides is 2. The fraction of sp³-hybridized carbons (Fsp3) is 0.429. The topological polar surface area (TPSA) is 101 Å². The first-order valence-corrected chi connectivity index (χ1v) is 9.72. The first-order chi connectivity index (χ1) is 13.8. The molecule has 0 aliphatic carbocycles. The van der Waals surface area contributed by atoms with Gasteiger partial charge in [0.05, 0.1) is 0 Å². The molecule has 0 saturated carbocycles. The van der Waals surface area contributed by atoms with Crippen LogP contribution in [0.3, 0.4) is 0 Å². The lowest BCUT2D eigenvalue weighted by Gasteiger charge is -2.33. The van der Waals surface area contributed by atoms with Gasteiger partial charge in [0.2, 0.25) is 5.91 Å². The molecule has 29 heavy (non-hydrogen) atoms. The normalized spacial score (nSPS) is 17.1. The van der Waals surface area contributed by atoms with Crippen molar-refractivity contribution in [2.24, 2.45) is 5.73 Å². The Morgan fingerprint density at radius 1 is 1.17 bits per heavy atom. The van der Waals surface area contributed by atoms with Gasteiger partial charge in [-0.15, -0.1) is 10.2 Å². The SMILES string of the molecule is CC(C)(CNc1ccc(C(=O)N2CCCCC2C(N)=O)nn1)c1ccc(F)cc1. The molecule has 8 heteroatoms. The van der Waals surface area contributed by atoms with Crippen LogP contribution in [0.2, 0.25) is 0 Å². The van der Waals surface area contributed by atoms with Crippen molar-refractivity contribution in [2.45, 2.75) is 44.6 Å². The average molecular weight is 399 g/mol. The zero-order valence-corrected chi connectivity index (χ0v) is 16.7. The first-order valence-electron chi connectivity index (χ1n) is 9.72. The summed E-state index contributed by atoms with van der Waals surface area (Å²) in [5.41, 5.74) is 6.35. The molecule has 1 aliphatic heterocycles. The molecule has 1 aromatic heterocycles. The van der Waals surface area contributed by atoms with E-state index in [1.807, 2.05) is 13.8 Å². The van der Waals surface area contributed by atoms with Gasteiger partial charge in [0.1, 0.15) is 17.7 Å². The molecule has 1 aromatic carbocycles. The molecule has 2 aromatic rings. The Kier molecular flexibility index (Phi) is 6.10. The van der Waals surface area contributed by atoms with Crippen LogP contribution in [-0.4, -0.2) is 46.0 Å². The van der Waals surface area contributed by atoms with E-state index in [0.717, 1.165) is 18.4 Å². The zero-order valence-electron chi connectivity index (χ0n) is 16.7. The van der Waals surface area contributed by atoms with Crippen molar-refractivity contribution in [2.75, 3.05) is 18.4 Å². The number of hydrogen-bond acceptors (Lipinski definition) is 5. The molecule has 3 rings (SSSR count). The van der Waals surface area contributed by atoms with Gasteiger partial charge in [0.25, 0.3) is 5.91 Å². The van der Waals surface area contributed by atoms with Gasteiger partial charge in [-0.3, -0.25) is 9.59 Å². The molecule has 0 spiro atoms. The van der Waals surface area contributed by atoms with Crippen LogP contribution in [0.4, 0.5) is 10.2 Å². The Morgan fingerprint density at radius 2 is 1.90 bits per heavy atom. The minimum Gasteiger partial charge on any atom is -0.368 e. The van der Waals surface area contributed by atoms with Crippen molar-refractivity contribution in [1.29, 1.82) is 0 Å². The van der Waals surface area contributed by atoms with E-state index in [1.54, 1.807) is 24.3 Å². The van der Waals surface area contributed by atoms with Crippen LogP contribution in [0.25, 0.3) is 0 Å². The predicted molar refractivity (Wildman–Crippen MR) is 108 cm³/mol. The lowest BCUT2D eigenvalue weighted by atomic mass is 9.84. The quantitative estimate of drug-likeness (QED) is 0.777. The number of nitrogens with one attached hydrogen (secondary N) is 1. The van der Waals surface area contributed by atoms with E-state index < -0.39 is 11.9 Å². The fourth-order valence-electron chi connectivity index (χ4n) is 3.47. The molecule has 2 amide bonds. The summed E-state index contributed by atoms with van der Waals surface area (Å²) in [7, 11) is 0. The van der Waals surface area contributed by atoms with Gasteiger partial charge < -0.3 is 16.0 Å². The molecule has 1 saturated heterocycles. The number of aromatic nitrogens is 2. The Hall–Kier alpha value is -3.03. The molecule has 2 heterocycles. The van der Waals surface area contributed by atoms with Crippen molar-refractivity contribution in [1.82, 2.24) is 15.1 Å². The van der Waals surface area contributed by atoms with Gasteiger partial charge in [0, 0.05) is 18.5 Å². The maximum Gasteiger partial charge on any atom is 0.275 e. The van der Waals surface area contributed by atoms with Crippen molar-refractivity contribution in [3.05, 3.63) is 53.5 Å². The van der Waals surface area contributed by atoms with Gasteiger partial charge in [0.15, 0.2) is 5.69 Å². The van der Waals surface area contributed by atoms with Crippen LogP contribution in [0, 0.1) is 5.82 Å². The number of carbonyl (C=O) groups is 2. The molecular formula is C21H26FN5O2. The summed E-state index contributed by atoms with van der Waals surface area (Å²) in [6.45, 7) is 5.12. The predicted octanol–water partition coefficient (Wildman–Crippen LogP) is 2.49. The first kappa shape index (κ1) is 20.7. The fourth-order valence-corrected chi connectivity index (χ4v) is 3.47. The lowest BCUT2D eigenvalue weighted by Crippen LogP contribution is -2.50. The molecule has 7 nitrogen and oxygen atoms in total. The largest absolute Gasteiger partial charge is 0.368 e. The van der Waals surface area contributed by atoms with E-state index in [4.69, 9.17) is 5.73 Å². The molecule has 1 aliphatic rings. The summed E-state index contributed by atoms with van der Waals surface area (Å²) in [4.78, 5) is 25.8. The number of hydrogen-bond donors (Lipinski definition) is 2. The highest BCUT2D eigenvalue weighted by Crippen LogP contribution is 2.24. The van der Waals surface area contributed by atoms with Gasteiger partial charge >= 0.3 is 0 Å². The summed E-state index contributed by atoms with van der Waals surface area (Å²) >= 11 is 0. The third-order valence-corrected chi connectivity index (χ3v) is 5.31. The van der Waals surface area contributed by atoms with Gasteiger partial charge in [-0.05, 0) is 49.1 Å². The highest BCUT2D eigenvalue weighted by atomic mass is 19.1. The Balaban J connectivity index is 1.64. The molecule has 1 atom stereocenters. The third kappa shape index (κ3) is 4.88. The summed E-state index contributed by atoms with van der Waals surface area (Å²) in [6.07, 6.45) is 2.28. The van der Waals surface area contributed by atoms with E-state index in [-0.39, 0.29) is 22.8 Å². The number of piperidine rings is 1. The molecule has 0 bridgehead atoms. The molecule has 154 valence electrons. The van der Waals surface area contributed by atoms with Crippen molar-refractivity contribution < 1.29 is 14.0 Å². The molecule has 3 N–H and O–H groups in total. The summed E-state index contributed by atoms with van der Waals surface area (Å²) in [5, 5.41) is 11.3. The second-order valence-electron chi connectivity index (χ2n) is 7.96. The van der Waals surface area contributed by atoms with E-state index in [0.29, 0.717) is 25.3 Å². The number of halogens is 1. The third-order valence-electron chi connectivity index (χ3n) is 5.31. The van der Waals surface area contributed by atoms with E-state index >= 15 is 0 Å². The number of rotatable bonds is 6. The number of likely N-dealkylation sites (tertiary alicyclic amines) is 1. The standard InChI is InChI=1S/C21H26FN5O2/c1-21(2,14-6-8-15(22)9-7-14)13-24-18-11-10-16(25-26-18)20(29)27-12-4-3-5-17(27)19(23)28/h6-11,17H,3-5,12-13H2,1-2H3,(H2,23,28)(H,24,26). The van der Waals surface area contributed by atoms with E-state index in [9.17, 15) is 14.0 Å². The molecular weight excluding hydrogens is 373 g/mol. The smallest absolute Gasteiger partial charge is 0.275 e. The molecule has 0 radical (unpaired) electrons. The lowest BCUT2D eigenvalue weighted by molar-refractivity contribution is -0.123. The number of carbonyl (C=O) groups excluding carboxylic acids is 2. The van der Waals surface area contributed by atoms with Crippen LogP contribution in [0.1, 0.15) is 49.2 Å². The monoisotopic (exact) mass is 399 g/mol. The summed E-state index contributed by atoms with van der Waals surface area (Å²) in [6, 6.07) is 9.09. The highest BCUT2D eigenvalue weighted by Gasteiger charge is 2.32. The summed E-state index contributed by atoms with van der Waals surface area (Å²) < 4.78 is 13.1. The Labute approximate surface area is 169 Å². The van der Waals surface area contributed by atoms with Gasteiger partial charge in [-0.25, -0.2) is 4.39 Å². The van der Waals surface area contributed by atoms with Crippen LogP contribution in [-0.2, 0) is 10.2 Å². The maximum absolute atomic E-state index is 13.1. The van der Waals surface area contributed by atoms with Crippen molar-refractivity contribution in [3.8, 4) is 0 Å². The van der Waals surface area contributed by atoms with Crippen molar-refractivity contribution in [3.63, 3.8) is 0 Å². The van der Waals surface area contributed by atoms with Crippen molar-refractivity contribution >= 4 is 17.6 Å². The average Bonchev–Trinajstić information content (AvgIpc) is 2.72. The molecule has 1 unspecified atom stereocenters. The molecule has 1 fully saturated rings. The Morgan fingerprint density at radius 3 is 2.52 bits per heavy atom. The number of nitrogens with zero attached hydrogens (tertiary/aromatic N) is 3. The zero-order chi connectivity index (χ0) is 21.0. The highest BCUT2D eigenvalue weighted by molar-refractivity contribution is 5.96. The van der Waals surface area contributed by atoms with Gasteiger partial charge in [-0.2, -0.15) is 0 Å². The van der Waals surface area contributed by atoms with Gasteiger partial charge in [-0.1, -0.05) is 26.0 Å². The van der Waals surface area contributed by atoms with E-state index in [1.165, 1.54) is 17.0 Å². The van der Waals surface area contributed by atoms with Crippen LogP contribution >= 0.6 is 0 Å². The maximum atomic E-state index is 13.1. The Bertz CT molecular complexity index is 868. The number of benzene rings is 1. The minimum atomic E-state index is -0.590. The minimum absolute atomic E-state index is 0.182. The van der Waals surface area contributed by atoms with Crippen LogP contribution in [0.5, 0.6) is 0 Å². The number of nitrogens with two attached hydrogens (primary N) is 1. The number of primary amides is 1. The summed E-state index contributed by atoms with van der Waals surface area (Å²) in [5.74, 6) is -0.566. The number of anilines is 1. The second-order valence-corrected chi connectivity index (χ2v) is 7.96. The van der Waals surface area contributed by atoms with Crippen LogP contribution in [0.15, 0.2) is 36.4 Å². The second kappa shape index (κ2) is 8.55. The van der Waals surface area contributed by atoms with E-state index in [2.05, 4.69) is 15.5 Å². The van der Waals surface area contributed by atoms with Crippen LogP contribution < -0.4 is 11.1 Å².